The maximum Gasteiger partial charge on any atom is 0.313 e. The number of hydrogen-bond donors (Lipinski definition) is 2. The van der Waals surface area contributed by atoms with Gasteiger partial charge in [-0.3, -0.25) is 14.9 Å². The van der Waals surface area contributed by atoms with Crippen LogP contribution >= 0.6 is 12.4 Å². The summed E-state index contributed by atoms with van der Waals surface area (Å²) in [6.45, 7) is 1.51. The van der Waals surface area contributed by atoms with Gasteiger partial charge in [-0.2, -0.15) is 0 Å². The number of phenols is 1. The summed E-state index contributed by atoms with van der Waals surface area (Å²) in [6.07, 6.45) is -0.162. The summed E-state index contributed by atoms with van der Waals surface area (Å²) in [7, 11) is 1.21. The van der Waals surface area contributed by atoms with Crippen LogP contribution in [0.15, 0.2) is 12.1 Å². The van der Waals surface area contributed by atoms with Crippen molar-refractivity contribution in [3.05, 3.63) is 33.4 Å². The molecule has 3 N–H and O–H groups in total. The highest BCUT2D eigenvalue weighted by Gasteiger charge is 2.24. The van der Waals surface area contributed by atoms with Gasteiger partial charge in [-0.15, -0.1) is 12.4 Å². The number of phenolic OH excluding ortho intramolecular Hbond substituents is 1. The molecule has 8 heteroatoms. The van der Waals surface area contributed by atoms with Gasteiger partial charge in [-0.25, -0.2) is 0 Å². The summed E-state index contributed by atoms with van der Waals surface area (Å²) in [5.74, 6) is -1.05. The molecule has 0 saturated carbocycles. The molecular formula is C11H15ClN2O5. The van der Waals surface area contributed by atoms with Crippen LogP contribution in [0.5, 0.6) is 5.75 Å². The molecule has 0 heterocycles. The number of rotatable bonds is 4. The highest BCUT2D eigenvalue weighted by Crippen LogP contribution is 2.36. The van der Waals surface area contributed by atoms with E-state index in [2.05, 4.69) is 4.74 Å². The second kappa shape index (κ2) is 6.91. The van der Waals surface area contributed by atoms with Gasteiger partial charge in [0.25, 0.3) is 0 Å². The minimum Gasteiger partial charge on any atom is -0.502 e. The lowest BCUT2D eigenvalue weighted by Crippen LogP contribution is -2.16. The topological polar surface area (TPSA) is 116 Å². The first kappa shape index (κ1) is 17.1. The monoisotopic (exact) mass is 290 g/mol. The molecule has 0 aliphatic rings. The molecule has 1 rings (SSSR count). The van der Waals surface area contributed by atoms with Crippen LogP contribution in [0.25, 0.3) is 0 Å². The summed E-state index contributed by atoms with van der Waals surface area (Å²) >= 11 is 0. The van der Waals surface area contributed by atoms with Crippen molar-refractivity contribution in [1.29, 1.82) is 0 Å². The van der Waals surface area contributed by atoms with E-state index in [0.29, 0.717) is 5.56 Å². The maximum atomic E-state index is 11.1. The Bertz CT molecular complexity index is 492. The van der Waals surface area contributed by atoms with E-state index in [4.69, 9.17) is 5.73 Å². The molecule has 0 amide bonds. The van der Waals surface area contributed by atoms with Crippen molar-refractivity contribution in [3.63, 3.8) is 0 Å². The van der Waals surface area contributed by atoms with Gasteiger partial charge in [-0.05, 0) is 6.92 Å². The lowest BCUT2D eigenvalue weighted by Gasteiger charge is -2.13. The summed E-state index contributed by atoms with van der Waals surface area (Å²) in [6, 6.07) is 2.09. The van der Waals surface area contributed by atoms with Crippen molar-refractivity contribution in [2.24, 2.45) is 5.73 Å². The van der Waals surface area contributed by atoms with Crippen molar-refractivity contribution >= 4 is 24.1 Å². The SMILES string of the molecule is COC(=O)C[C@@H](N)c1ccc(C)c([N+](=O)[O-])c1O.Cl. The average Bonchev–Trinajstić information content (AvgIpc) is 2.28. The van der Waals surface area contributed by atoms with E-state index >= 15 is 0 Å². The van der Waals surface area contributed by atoms with Gasteiger partial charge in [0.1, 0.15) is 0 Å². The Kier molecular flexibility index (Phi) is 6.23. The Morgan fingerprint density at radius 3 is 2.63 bits per heavy atom. The van der Waals surface area contributed by atoms with E-state index in [9.17, 15) is 20.0 Å². The first-order chi connectivity index (χ1) is 8.38. The molecule has 106 valence electrons. The minimum atomic E-state index is -0.850. The lowest BCUT2D eigenvalue weighted by atomic mass is 10.0. The molecule has 0 aliphatic carbocycles. The van der Waals surface area contributed by atoms with Crippen molar-refractivity contribution in [2.75, 3.05) is 7.11 Å². The summed E-state index contributed by atoms with van der Waals surface area (Å²) < 4.78 is 4.45. The Labute approximate surface area is 115 Å². The molecule has 0 fully saturated rings. The van der Waals surface area contributed by atoms with Gasteiger partial charge in [0, 0.05) is 17.2 Å². The zero-order valence-corrected chi connectivity index (χ0v) is 11.3. The molecule has 0 aromatic heterocycles. The summed E-state index contributed by atoms with van der Waals surface area (Å²) in [4.78, 5) is 21.2. The van der Waals surface area contributed by atoms with Gasteiger partial charge < -0.3 is 15.6 Å². The van der Waals surface area contributed by atoms with Gasteiger partial charge >= 0.3 is 11.7 Å². The van der Waals surface area contributed by atoms with E-state index in [0.717, 1.165) is 0 Å². The fourth-order valence-corrected chi connectivity index (χ4v) is 1.60. The molecule has 0 radical (unpaired) electrons. The smallest absolute Gasteiger partial charge is 0.313 e. The third-order valence-corrected chi connectivity index (χ3v) is 2.58. The number of nitro groups is 1. The highest BCUT2D eigenvalue weighted by molar-refractivity contribution is 5.85. The van der Waals surface area contributed by atoms with E-state index in [1.54, 1.807) is 0 Å². The van der Waals surface area contributed by atoms with E-state index in [-0.39, 0.29) is 24.4 Å². The van der Waals surface area contributed by atoms with Gasteiger partial charge in [0.2, 0.25) is 0 Å². The molecule has 0 spiro atoms. The normalized spacial score (nSPS) is 11.3. The summed E-state index contributed by atoms with van der Waals surface area (Å²) in [5, 5.41) is 20.6. The molecular weight excluding hydrogens is 276 g/mol. The standard InChI is InChI=1S/C11H14N2O5.ClH/c1-6-3-4-7(8(12)5-9(14)18-2)11(15)10(6)13(16)17;/h3-4,8,15H,5,12H2,1-2H3;1H/t8-;/m1./s1. The third kappa shape index (κ3) is 3.80. The molecule has 0 aliphatic heterocycles. The number of methoxy groups -OCH3 is 1. The zero-order chi connectivity index (χ0) is 13.9. The maximum absolute atomic E-state index is 11.1. The van der Waals surface area contributed by atoms with Crippen LogP contribution in [0.4, 0.5) is 5.69 Å². The molecule has 19 heavy (non-hydrogen) atoms. The van der Waals surface area contributed by atoms with Gasteiger partial charge in [0.05, 0.1) is 18.5 Å². The fraction of sp³-hybridized carbons (Fsp3) is 0.364. The number of benzene rings is 1. The first-order valence-corrected chi connectivity index (χ1v) is 5.17. The molecule has 7 nitrogen and oxygen atoms in total. The van der Waals surface area contributed by atoms with Crippen LogP contribution in [-0.2, 0) is 9.53 Å². The number of halogens is 1. The van der Waals surface area contributed by atoms with Crippen molar-refractivity contribution in [2.45, 2.75) is 19.4 Å². The van der Waals surface area contributed by atoms with Crippen molar-refractivity contribution < 1.29 is 19.6 Å². The van der Waals surface area contributed by atoms with Crippen molar-refractivity contribution in [1.82, 2.24) is 0 Å². The van der Waals surface area contributed by atoms with Crippen LogP contribution in [0, 0.1) is 17.0 Å². The number of nitrogens with two attached hydrogens (primary N) is 1. The van der Waals surface area contributed by atoms with E-state index in [1.807, 2.05) is 0 Å². The fourth-order valence-electron chi connectivity index (χ4n) is 1.60. The van der Waals surface area contributed by atoms with Crippen LogP contribution in [-0.4, -0.2) is 23.1 Å². The number of aryl methyl sites for hydroxylation is 1. The number of carbonyl (C=O) groups excluding carboxylic acids is 1. The lowest BCUT2D eigenvalue weighted by molar-refractivity contribution is -0.386. The first-order valence-electron chi connectivity index (χ1n) is 5.17. The second-order valence-corrected chi connectivity index (χ2v) is 3.81. The molecule has 0 bridgehead atoms. The molecule has 1 aromatic rings. The minimum absolute atomic E-state index is 0. The number of aromatic hydroxyl groups is 1. The van der Waals surface area contributed by atoms with Gasteiger partial charge in [-0.1, -0.05) is 12.1 Å². The number of nitro benzene ring substituents is 1. The number of hydrogen-bond acceptors (Lipinski definition) is 6. The van der Waals surface area contributed by atoms with Crippen molar-refractivity contribution in [3.8, 4) is 5.75 Å². The predicted octanol–water partition coefficient (Wildman–Crippen LogP) is 1.59. The Hall–Kier alpha value is -1.86. The number of nitrogens with zero attached hydrogens (tertiary/aromatic N) is 1. The number of esters is 1. The van der Waals surface area contributed by atoms with E-state index in [1.165, 1.54) is 26.2 Å². The number of carbonyl (C=O) groups is 1. The Morgan fingerprint density at radius 2 is 2.16 bits per heavy atom. The van der Waals surface area contributed by atoms with Crippen LogP contribution in [0.1, 0.15) is 23.6 Å². The van der Waals surface area contributed by atoms with Gasteiger partial charge in [0.15, 0.2) is 5.75 Å². The quantitative estimate of drug-likeness (QED) is 0.494. The second-order valence-electron chi connectivity index (χ2n) is 3.81. The average molecular weight is 291 g/mol. The third-order valence-electron chi connectivity index (χ3n) is 2.58. The predicted molar refractivity (Wildman–Crippen MR) is 70.3 cm³/mol. The molecule has 0 unspecified atom stereocenters. The zero-order valence-electron chi connectivity index (χ0n) is 10.5. The molecule has 1 atom stereocenters. The molecule has 0 saturated heterocycles. The number of ether oxygens (including phenoxy) is 1. The van der Waals surface area contributed by atoms with E-state index < -0.39 is 28.4 Å². The Balaban J connectivity index is 0.00000324. The largest absolute Gasteiger partial charge is 0.502 e. The molecule has 1 aromatic carbocycles. The van der Waals surface area contributed by atoms with Crippen LogP contribution < -0.4 is 5.73 Å². The van der Waals surface area contributed by atoms with Crippen LogP contribution in [0.3, 0.4) is 0 Å². The summed E-state index contributed by atoms with van der Waals surface area (Å²) in [5.41, 5.74) is 5.79. The Morgan fingerprint density at radius 1 is 1.58 bits per heavy atom. The highest BCUT2D eigenvalue weighted by atomic mass is 35.5. The van der Waals surface area contributed by atoms with Crippen LogP contribution in [0.2, 0.25) is 0 Å².